The molecule has 1 aromatic heterocycles. The largest absolute Gasteiger partial charge is 0.323 e. The van der Waals surface area contributed by atoms with E-state index in [-0.39, 0.29) is 11.8 Å². The van der Waals surface area contributed by atoms with Gasteiger partial charge in [-0.1, -0.05) is 65.7 Å². The molecule has 1 unspecified atom stereocenters. The predicted octanol–water partition coefficient (Wildman–Crippen LogP) is 6.71. The molecule has 0 bridgehead atoms. The summed E-state index contributed by atoms with van der Waals surface area (Å²) in [7, 11) is 0. The molecule has 168 valence electrons. The number of benzene rings is 3. The quantitative estimate of drug-likeness (QED) is 0.282. The molecule has 1 aliphatic heterocycles. The number of aryl methyl sites for hydroxylation is 1. The Balaban J connectivity index is 1.44. The number of imidazole rings is 1. The van der Waals surface area contributed by atoms with Crippen molar-refractivity contribution in [2.24, 2.45) is 0 Å². The molecule has 1 aliphatic rings. The van der Waals surface area contributed by atoms with Crippen LogP contribution in [0.3, 0.4) is 0 Å². The number of halogens is 1. The first-order valence-electron chi connectivity index (χ1n) is 11.7. The Morgan fingerprint density at radius 2 is 1.82 bits per heavy atom. The van der Waals surface area contributed by atoms with Crippen LogP contribution in [0.4, 0.5) is 5.69 Å². The summed E-state index contributed by atoms with van der Waals surface area (Å²) in [5.74, 6) is 1.23. The minimum absolute atomic E-state index is 0.0665. The summed E-state index contributed by atoms with van der Waals surface area (Å²) in [6.45, 7) is 3.60. The summed E-state index contributed by atoms with van der Waals surface area (Å²) in [4.78, 5) is 20.0. The van der Waals surface area contributed by atoms with Gasteiger partial charge in [-0.25, -0.2) is 4.98 Å². The van der Waals surface area contributed by atoms with E-state index in [1.807, 2.05) is 17.0 Å². The molecule has 0 N–H and O–H groups in total. The molecule has 4 aromatic rings. The summed E-state index contributed by atoms with van der Waals surface area (Å²) in [6.07, 6.45) is 3.96. The third-order valence-corrected chi connectivity index (χ3v) is 6.96. The van der Waals surface area contributed by atoms with Crippen molar-refractivity contribution in [2.75, 3.05) is 11.4 Å². The van der Waals surface area contributed by atoms with Gasteiger partial charge >= 0.3 is 0 Å². The Hall–Kier alpha value is -2.92. The molecule has 0 saturated carbocycles. The highest BCUT2D eigenvalue weighted by Gasteiger charge is 2.34. The lowest BCUT2D eigenvalue weighted by Gasteiger charge is -2.18. The monoisotopic (exact) mass is 501 g/mol. The molecule has 5 rings (SSSR count). The van der Waals surface area contributed by atoms with Crippen molar-refractivity contribution in [3.05, 3.63) is 94.2 Å². The van der Waals surface area contributed by atoms with Crippen LogP contribution < -0.4 is 4.90 Å². The fourth-order valence-electron chi connectivity index (χ4n) is 4.74. The van der Waals surface area contributed by atoms with Crippen LogP contribution in [-0.4, -0.2) is 22.0 Å². The van der Waals surface area contributed by atoms with Crippen LogP contribution in [-0.2, 0) is 17.8 Å². The molecule has 0 aliphatic carbocycles. The van der Waals surface area contributed by atoms with Crippen molar-refractivity contribution >= 4 is 38.6 Å². The normalized spacial score (nSPS) is 16.1. The van der Waals surface area contributed by atoms with E-state index >= 15 is 0 Å². The average Bonchev–Trinajstić information content (AvgIpc) is 3.39. The second kappa shape index (κ2) is 9.52. The second-order valence-corrected chi connectivity index (χ2v) is 9.77. The van der Waals surface area contributed by atoms with Gasteiger partial charge in [0.2, 0.25) is 5.91 Å². The van der Waals surface area contributed by atoms with Crippen LogP contribution in [0.5, 0.6) is 0 Å². The third kappa shape index (κ3) is 4.60. The number of rotatable bonds is 7. The van der Waals surface area contributed by atoms with Crippen LogP contribution in [0.25, 0.3) is 11.0 Å². The molecule has 2 heterocycles. The lowest BCUT2D eigenvalue weighted by atomic mass is 10.1. The molecule has 1 saturated heterocycles. The van der Waals surface area contributed by atoms with E-state index in [1.54, 1.807) is 0 Å². The number of hydrogen-bond donors (Lipinski definition) is 0. The number of amides is 1. The fourth-order valence-corrected chi connectivity index (χ4v) is 5.19. The van der Waals surface area contributed by atoms with Gasteiger partial charge in [-0.15, -0.1) is 0 Å². The third-order valence-electron chi connectivity index (χ3n) is 6.47. The van der Waals surface area contributed by atoms with E-state index in [0.29, 0.717) is 13.0 Å². The Kier molecular flexibility index (Phi) is 6.32. The van der Waals surface area contributed by atoms with Crippen LogP contribution in [0.15, 0.2) is 77.3 Å². The van der Waals surface area contributed by atoms with Gasteiger partial charge in [-0.2, -0.15) is 0 Å². The molecule has 5 heteroatoms. The van der Waals surface area contributed by atoms with Crippen molar-refractivity contribution in [1.82, 2.24) is 9.55 Å². The smallest absolute Gasteiger partial charge is 0.227 e. The standard InChI is InChI=1S/C28H28BrN3O/c1-2-3-7-20-12-14-24(15-13-20)31-19-22(17-27(31)33)28-30-25-10-4-5-11-26(25)32(28)18-21-8-6-9-23(29)16-21/h4-6,8-16,22H,2-3,7,17-19H2,1H3. The number of unbranched alkanes of at least 4 members (excludes halogenated alkanes) is 1. The van der Waals surface area contributed by atoms with Crippen LogP contribution in [0, 0.1) is 0 Å². The van der Waals surface area contributed by atoms with Crippen LogP contribution in [0.1, 0.15) is 49.1 Å². The number of aromatic nitrogens is 2. The van der Waals surface area contributed by atoms with E-state index in [9.17, 15) is 4.79 Å². The van der Waals surface area contributed by atoms with Crippen molar-refractivity contribution in [3.63, 3.8) is 0 Å². The van der Waals surface area contributed by atoms with Crippen molar-refractivity contribution in [3.8, 4) is 0 Å². The Morgan fingerprint density at radius 3 is 2.61 bits per heavy atom. The SMILES string of the molecule is CCCCc1ccc(N2CC(c3nc4ccccc4n3Cc3cccc(Br)c3)CC2=O)cc1. The van der Waals surface area contributed by atoms with Gasteiger partial charge < -0.3 is 9.47 Å². The second-order valence-electron chi connectivity index (χ2n) is 8.85. The van der Waals surface area contributed by atoms with Crippen LogP contribution in [0.2, 0.25) is 0 Å². The van der Waals surface area contributed by atoms with E-state index in [1.165, 1.54) is 24.0 Å². The topological polar surface area (TPSA) is 38.1 Å². The molecule has 0 radical (unpaired) electrons. The summed E-state index contributed by atoms with van der Waals surface area (Å²) in [6, 6.07) is 25.1. The zero-order chi connectivity index (χ0) is 22.8. The van der Waals surface area contributed by atoms with Gasteiger partial charge in [0.15, 0.2) is 0 Å². The number of para-hydroxylation sites is 2. The van der Waals surface area contributed by atoms with E-state index in [4.69, 9.17) is 4.98 Å². The maximum Gasteiger partial charge on any atom is 0.227 e. The Morgan fingerprint density at radius 1 is 1.00 bits per heavy atom. The Labute approximate surface area is 203 Å². The van der Waals surface area contributed by atoms with Gasteiger partial charge in [0.25, 0.3) is 0 Å². The highest BCUT2D eigenvalue weighted by atomic mass is 79.9. The number of nitrogens with zero attached hydrogens (tertiary/aromatic N) is 3. The zero-order valence-corrected chi connectivity index (χ0v) is 20.5. The highest BCUT2D eigenvalue weighted by molar-refractivity contribution is 9.10. The molecule has 1 amide bonds. The predicted molar refractivity (Wildman–Crippen MR) is 138 cm³/mol. The summed E-state index contributed by atoms with van der Waals surface area (Å²) in [5.41, 5.74) is 5.61. The van der Waals surface area contributed by atoms with Crippen molar-refractivity contribution in [1.29, 1.82) is 0 Å². The molecular weight excluding hydrogens is 474 g/mol. The first kappa shape index (κ1) is 21.9. The Bertz CT molecular complexity index is 1280. The average molecular weight is 502 g/mol. The molecule has 1 fully saturated rings. The van der Waals surface area contributed by atoms with E-state index < -0.39 is 0 Å². The van der Waals surface area contributed by atoms with Gasteiger partial charge in [0, 0.05) is 35.6 Å². The number of anilines is 1. The van der Waals surface area contributed by atoms with E-state index in [0.717, 1.165) is 40.0 Å². The van der Waals surface area contributed by atoms with E-state index in [2.05, 4.69) is 88.1 Å². The number of carbonyl (C=O) groups excluding carboxylic acids is 1. The minimum atomic E-state index is 0.0665. The first-order valence-corrected chi connectivity index (χ1v) is 12.5. The fraction of sp³-hybridized carbons (Fsp3) is 0.286. The van der Waals surface area contributed by atoms with Gasteiger partial charge in [0.05, 0.1) is 11.0 Å². The summed E-state index contributed by atoms with van der Waals surface area (Å²) in [5, 5.41) is 0. The number of carbonyl (C=O) groups is 1. The molecular formula is C28H28BrN3O. The zero-order valence-electron chi connectivity index (χ0n) is 18.9. The lowest BCUT2D eigenvalue weighted by Crippen LogP contribution is -2.24. The minimum Gasteiger partial charge on any atom is -0.323 e. The van der Waals surface area contributed by atoms with Gasteiger partial charge in [0.1, 0.15) is 5.82 Å². The summed E-state index contributed by atoms with van der Waals surface area (Å²) < 4.78 is 3.35. The molecule has 33 heavy (non-hydrogen) atoms. The lowest BCUT2D eigenvalue weighted by molar-refractivity contribution is -0.117. The van der Waals surface area contributed by atoms with Gasteiger partial charge in [-0.05, 0) is 60.4 Å². The van der Waals surface area contributed by atoms with Gasteiger partial charge in [-0.3, -0.25) is 4.79 Å². The maximum absolute atomic E-state index is 13.0. The van der Waals surface area contributed by atoms with Crippen molar-refractivity contribution < 1.29 is 4.79 Å². The molecule has 3 aromatic carbocycles. The molecule has 0 spiro atoms. The summed E-state index contributed by atoms with van der Waals surface area (Å²) >= 11 is 3.58. The number of fused-ring (bicyclic) bond motifs is 1. The molecule has 1 atom stereocenters. The molecule has 4 nitrogen and oxygen atoms in total. The van der Waals surface area contributed by atoms with Crippen LogP contribution >= 0.6 is 15.9 Å². The maximum atomic E-state index is 13.0. The first-order chi connectivity index (χ1) is 16.1. The highest BCUT2D eigenvalue weighted by Crippen LogP contribution is 2.34. The van der Waals surface area contributed by atoms with Crippen molar-refractivity contribution in [2.45, 2.75) is 45.1 Å². The number of hydrogen-bond acceptors (Lipinski definition) is 2.